The molecule has 0 unspecified atom stereocenters. The lowest BCUT2D eigenvalue weighted by Crippen LogP contribution is -2.22. The topological polar surface area (TPSA) is 79.0 Å². The Morgan fingerprint density at radius 2 is 2.27 bits per heavy atom. The summed E-state index contributed by atoms with van der Waals surface area (Å²) >= 11 is 0. The van der Waals surface area contributed by atoms with Crippen molar-refractivity contribution in [2.24, 2.45) is 0 Å². The Bertz CT molecular complexity index is 418. The third-order valence-electron chi connectivity index (χ3n) is 1.65. The summed E-state index contributed by atoms with van der Waals surface area (Å²) in [6.45, 7) is 2.43. The molecule has 1 heterocycles. The van der Waals surface area contributed by atoms with Crippen LogP contribution in [0.2, 0.25) is 0 Å². The summed E-state index contributed by atoms with van der Waals surface area (Å²) in [6, 6.07) is 0. The quantitative estimate of drug-likeness (QED) is 0.496. The Labute approximate surface area is 85.9 Å². The van der Waals surface area contributed by atoms with Gasteiger partial charge in [0.25, 0.3) is 0 Å². The fourth-order valence-electron chi connectivity index (χ4n) is 0.931. The van der Waals surface area contributed by atoms with Crippen molar-refractivity contribution >= 4 is 12.2 Å². The maximum absolute atomic E-state index is 11.5. The van der Waals surface area contributed by atoms with Gasteiger partial charge in [-0.05, 0) is 16.8 Å². The Kier molecular flexibility index (Phi) is 3.78. The highest BCUT2D eigenvalue weighted by atomic mass is 16.5. The van der Waals surface area contributed by atoms with Gasteiger partial charge in [0.15, 0.2) is 0 Å². The molecular weight excluding hydrogens is 200 g/mol. The summed E-state index contributed by atoms with van der Waals surface area (Å²) in [5.74, 6) is -0.549. The van der Waals surface area contributed by atoms with E-state index in [0.29, 0.717) is 6.54 Å². The molecule has 0 aliphatic carbocycles. The van der Waals surface area contributed by atoms with Crippen LogP contribution in [0.25, 0.3) is 6.20 Å². The molecule has 1 aromatic rings. The van der Waals surface area contributed by atoms with Gasteiger partial charge in [0.05, 0.1) is 7.11 Å². The average Bonchev–Trinajstić information content (AvgIpc) is 2.58. The van der Waals surface area contributed by atoms with Crippen molar-refractivity contribution in [1.82, 2.24) is 19.8 Å². The van der Waals surface area contributed by atoms with E-state index in [9.17, 15) is 9.59 Å². The van der Waals surface area contributed by atoms with Crippen LogP contribution in [0.15, 0.2) is 10.9 Å². The number of tetrazole rings is 1. The first kappa shape index (κ1) is 11.2. The second kappa shape index (κ2) is 5.08. The molecule has 0 saturated carbocycles. The summed E-state index contributed by atoms with van der Waals surface area (Å²) in [4.78, 5) is 22.2. The number of aryl methyl sites for hydroxylation is 1. The fraction of sp³-hybridized carbons (Fsp3) is 0.500. The molecule has 82 valence electrons. The molecule has 1 rings (SSSR count). The maximum atomic E-state index is 11.5. The van der Waals surface area contributed by atoms with Crippen molar-refractivity contribution in [3.8, 4) is 0 Å². The largest absolute Gasteiger partial charge is 0.466 e. The summed E-state index contributed by atoms with van der Waals surface area (Å²) in [7, 11) is 1.25. The van der Waals surface area contributed by atoms with Crippen LogP contribution in [0.3, 0.4) is 0 Å². The molecule has 0 fully saturated rings. The van der Waals surface area contributed by atoms with E-state index in [-0.39, 0.29) is 5.69 Å². The van der Waals surface area contributed by atoms with Gasteiger partial charge in [0, 0.05) is 18.8 Å². The van der Waals surface area contributed by atoms with E-state index in [1.807, 2.05) is 6.92 Å². The molecule has 0 spiro atoms. The van der Waals surface area contributed by atoms with Gasteiger partial charge < -0.3 is 4.74 Å². The van der Waals surface area contributed by atoms with Gasteiger partial charge in [-0.25, -0.2) is 9.59 Å². The van der Waals surface area contributed by atoms with Crippen LogP contribution < -0.4 is 5.69 Å². The Balaban J connectivity index is 2.83. The third kappa shape index (κ3) is 2.76. The predicted octanol–water partition coefficient (Wildman–Crippen LogP) is -0.507. The van der Waals surface area contributed by atoms with Gasteiger partial charge >= 0.3 is 11.7 Å². The van der Waals surface area contributed by atoms with Crippen LogP contribution in [0.4, 0.5) is 0 Å². The van der Waals surface area contributed by atoms with Gasteiger partial charge in [0.2, 0.25) is 0 Å². The number of methoxy groups -OCH3 is 1. The Morgan fingerprint density at radius 1 is 1.53 bits per heavy atom. The van der Waals surface area contributed by atoms with Crippen LogP contribution in [0.1, 0.15) is 13.3 Å². The van der Waals surface area contributed by atoms with Crippen molar-refractivity contribution in [1.29, 1.82) is 0 Å². The molecule has 1 aromatic heterocycles. The highest BCUT2D eigenvalue weighted by molar-refractivity contribution is 5.84. The average molecular weight is 212 g/mol. The molecule has 0 amide bonds. The van der Waals surface area contributed by atoms with Gasteiger partial charge in [-0.2, -0.15) is 9.36 Å². The van der Waals surface area contributed by atoms with Gasteiger partial charge in [-0.1, -0.05) is 6.92 Å². The van der Waals surface area contributed by atoms with Crippen LogP contribution >= 0.6 is 0 Å². The zero-order valence-corrected chi connectivity index (χ0v) is 8.58. The molecule has 15 heavy (non-hydrogen) atoms. The summed E-state index contributed by atoms with van der Waals surface area (Å²) in [5, 5.41) is 7.19. The minimum Gasteiger partial charge on any atom is -0.466 e. The van der Waals surface area contributed by atoms with E-state index in [1.165, 1.54) is 18.0 Å². The van der Waals surface area contributed by atoms with E-state index in [2.05, 4.69) is 15.2 Å². The number of carbonyl (C=O) groups is 1. The summed E-state index contributed by atoms with van der Waals surface area (Å²) in [6.07, 6.45) is 3.11. The first-order chi connectivity index (χ1) is 7.19. The van der Waals surface area contributed by atoms with Gasteiger partial charge in [-0.15, -0.1) is 0 Å². The molecular formula is C8H12N4O3. The van der Waals surface area contributed by atoms with Gasteiger partial charge in [0.1, 0.15) is 0 Å². The van der Waals surface area contributed by atoms with Crippen molar-refractivity contribution in [2.75, 3.05) is 7.11 Å². The van der Waals surface area contributed by atoms with E-state index in [1.54, 1.807) is 0 Å². The monoisotopic (exact) mass is 212 g/mol. The molecule has 0 aromatic carbocycles. The third-order valence-corrected chi connectivity index (χ3v) is 1.65. The van der Waals surface area contributed by atoms with E-state index in [0.717, 1.165) is 17.2 Å². The van der Waals surface area contributed by atoms with Crippen LogP contribution in [0.5, 0.6) is 0 Å². The molecule has 7 nitrogen and oxygen atoms in total. The number of ether oxygens (including phenoxy) is 1. The van der Waals surface area contributed by atoms with Crippen molar-refractivity contribution in [3.05, 3.63) is 16.6 Å². The fourth-order valence-corrected chi connectivity index (χ4v) is 0.931. The highest BCUT2D eigenvalue weighted by Crippen LogP contribution is 1.83. The first-order valence-electron chi connectivity index (χ1n) is 4.47. The predicted molar refractivity (Wildman–Crippen MR) is 51.9 cm³/mol. The standard InChI is InChI=1S/C8H12N4O3/c1-3-5-11-8(14)12(10-9-11)6-4-7(13)15-2/h4,6H,3,5H2,1-2H3/b6-4+. The molecule has 0 saturated heterocycles. The number of rotatable bonds is 4. The minimum atomic E-state index is -0.549. The summed E-state index contributed by atoms with van der Waals surface area (Å²) in [5.41, 5.74) is -0.378. The number of esters is 1. The van der Waals surface area contributed by atoms with E-state index in [4.69, 9.17) is 0 Å². The van der Waals surface area contributed by atoms with Crippen LogP contribution in [0, 0.1) is 0 Å². The minimum absolute atomic E-state index is 0.378. The normalized spacial score (nSPS) is 10.8. The Morgan fingerprint density at radius 3 is 2.87 bits per heavy atom. The van der Waals surface area contributed by atoms with Crippen molar-refractivity contribution < 1.29 is 9.53 Å². The molecule has 7 heteroatoms. The Hall–Kier alpha value is -1.92. The number of carbonyl (C=O) groups excluding carboxylic acids is 1. The molecule has 0 aliphatic rings. The number of aromatic nitrogens is 4. The molecule has 0 radical (unpaired) electrons. The van der Waals surface area contributed by atoms with Crippen molar-refractivity contribution in [2.45, 2.75) is 19.9 Å². The van der Waals surface area contributed by atoms with Gasteiger partial charge in [-0.3, -0.25) is 0 Å². The van der Waals surface area contributed by atoms with Crippen LogP contribution in [-0.2, 0) is 16.1 Å². The molecule has 0 atom stereocenters. The zero-order valence-electron chi connectivity index (χ0n) is 8.58. The van der Waals surface area contributed by atoms with E-state index < -0.39 is 5.97 Å². The molecule has 0 aliphatic heterocycles. The number of hydrogen-bond acceptors (Lipinski definition) is 5. The number of hydrogen-bond donors (Lipinski definition) is 0. The first-order valence-corrected chi connectivity index (χ1v) is 4.47. The van der Waals surface area contributed by atoms with Crippen LogP contribution in [-0.4, -0.2) is 32.9 Å². The second-order valence-electron chi connectivity index (χ2n) is 2.77. The lowest BCUT2D eigenvalue weighted by atomic mass is 10.5. The highest BCUT2D eigenvalue weighted by Gasteiger charge is 2.02. The SMILES string of the molecule is CCCn1nnn(/C=C/C(=O)OC)c1=O. The molecule has 0 N–H and O–H groups in total. The second-order valence-corrected chi connectivity index (χ2v) is 2.77. The lowest BCUT2D eigenvalue weighted by Gasteiger charge is -1.91. The lowest BCUT2D eigenvalue weighted by molar-refractivity contribution is -0.134. The number of nitrogens with zero attached hydrogens (tertiary/aromatic N) is 4. The van der Waals surface area contributed by atoms with E-state index >= 15 is 0 Å². The smallest absolute Gasteiger partial charge is 0.367 e. The van der Waals surface area contributed by atoms with Crippen molar-refractivity contribution in [3.63, 3.8) is 0 Å². The summed E-state index contributed by atoms with van der Waals surface area (Å²) < 4.78 is 6.57. The molecule has 0 bridgehead atoms. The maximum Gasteiger partial charge on any atom is 0.367 e. The zero-order chi connectivity index (χ0) is 11.3.